The first-order valence-electron chi connectivity index (χ1n) is 8.46. The highest BCUT2D eigenvalue weighted by Crippen LogP contribution is 2.29. The number of halogens is 1. The lowest BCUT2D eigenvalue weighted by Crippen LogP contribution is -2.39. The largest absolute Gasteiger partial charge is 0.377 e. The van der Waals surface area contributed by atoms with E-state index in [0.29, 0.717) is 10.7 Å². The van der Waals surface area contributed by atoms with E-state index >= 15 is 0 Å². The highest BCUT2D eigenvalue weighted by Gasteiger charge is 2.26. The van der Waals surface area contributed by atoms with E-state index < -0.39 is 0 Å². The van der Waals surface area contributed by atoms with Gasteiger partial charge in [-0.25, -0.2) is 5.43 Å². The van der Waals surface area contributed by atoms with Crippen molar-refractivity contribution in [2.75, 3.05) is 10.6 Å². The first-order valence-corrected chi connectivity index (χ1v) is 8.83. The summed E-state index contributed by atoms with van der Waals surface area (Å²) in [6.07, 6.45) is 0.758. The summed E-state index contributed by atoms with van der Waals surface area (Å²) in [4.78, 5) is 12.2. The molecule has 1 amide bonds. The summed E-state index contributed by atoms with van der Waals surface area (Å²) < 4.78 is 0. The predicted octanol–water partition coefficient (Wildman–Crippen LogP) is 3.71. The van der Waals surface area contributed by atoms with Crippen molar-refractivity contribution in [3.63, 3.8) is 0 Å². The Balaban J connectivity index is 1.63. The van der Waals surface area contributed by atoms with Crippen LogP contribution in [0, 0.1) is 0 Å². The summed E-state index contributed by atoms with van der Waals surface area (Å²) >= 11 is 6.39. The molecule has 1 heterocycles. The third-order valence-electron chi connectivity index (χ3n) is 4.32. The van der Waals surface area contributed by atoms with Crippen LogP contribution in [0.2, 0.25) is 5.02 Å². The molecule has 6 heteroatoms. The van der Waals surface area contributed by atoms with Gasteiger partial charge in [-0.3, -0.25) is 10.2 Å². The molecule has 3 unspecified atom stereocenters. The van der Waals surface area contributed by atoms with E-state index in [-0.39, 0.29) is 24.0 Å². The molecule has 2 aromatic carbocycles. The standard InChI is InChI=1S/C19H23ClN4O/c1-12-10-18(24-23-12)19(25)22-15-8-9-17(16(20)11-15)21-13(2)14-6-4-3-5-7-14/h3-9,11-13,18,21,23-24H,10H2,1-2H3,(H,22,25). The molecule has 3 rings (SSSR count). The number of carbonyl (C=O) groups excluding carboxylic acids is 1. The fourth-order valence-corrected chi connectivity index (χ4v) is 3.12. The van der Waals surface area contributed by atoms with Crippen molar-refractivity contribution in [3.8, 4) is 0 Å². The summed E-state index contributed by atoms with van der Waals surface area (Å²) in [7, 11) is 0. The minimum Gasteiger partial charge on any atom is -0.377 e. The molecule has 132 valence electrons. The predicted molar refractivity (Wildman–Crippen MR) is 103 cm³/mol. The Hall–Kier alpha value is -2.08. The molecule has 25 heavy (non-hydrogen) atoms. The molecule has 4 N–H and O–H groups in total. The summed E-state index contributed by atoms with van der Waals surface area (Å²) in [5.74, 6) is -0.0636. The maximum absolute atomic E-state index is 12.2. The lowest BCUT2D eigenvalue weighted by molar-refractivity contribution is -0.117. The topological polar surface area (TPSA) is 65.2 Å². The van der Waals surface area contributed by atoms with Crippen LogP contribution < -0.4 is 21.5 Å². The normalized spacial score (nSPS) is 20.9. The minimum absolute atomic E-state index is 0.0636. The first-order chi connectivity index (χ1) is 12.0. The smallest absolute Gasteiger partial charge is 0.242 e. The highest BCUT2D eigenvalue weighted by molar-refractivity contribution is 6.33. The molecule has 0 aliphatic carbocycles. The Kier molecular flexibility index (Phi) is 5.58. The molecule has 0 radical (unpaired) electrons. The zero-order valence-corrected chi connectivity index (χ0v) is 15.1. The van der Waals surface area contributed by atoms with Gasteiger partial charge in [0, 0.05) is 17.8 Å². The fourth-order valence-electron chi connectivity index (χ4n) is 2.88. The molecule has 1 fully saturated rings. The van der Waals surface area contributed by atoms with Crippen LogP contribution in [0.5, 0.6) is 0 Å². The van der Waals surface area contributed by atoms with E-state index in [0.717, 1.165) is 12.1 Å². The highest BCUT2D eigenvalue weighted by atomic mass is 35.5. The van der Waals surface area contributed by atoms with Crippen LogP contribution in [-0.2, 0) is 4.79 Å². The molecule has 0 aromatic heterocycles. The van der Waals surface area contributed by atoms with Gasteiger partial charge in [-0.2, -0.15) is 0 Å². The Morgan fingerprint density at radius 1 is 1.20 bits per heavy atom. The van der Waals surface area contributed by atoms with E-state index in [1.54, 1.807) is 6.07 Å². The van der Waals surface area contributed by atoms with Crippen molar-refractivity contribution in [1.82, 2.24) is 10.9 Å². The summed E-state index contributed by atoms with van der Waals surface area (Å²) in [5.41, 5.74) is 8.75. The van der Waals surface area contributed by atoms with Gasteiger partial charge in [0.2, 0.25) is 5.91 Å². The van der Waals surface area contributed by atoms with Crippen LogP contribution in [0.3, 0.4) is 0 Å². The number of carbonyl (C=O) groups is 1. The van der Waals surface area contributed by atoms with E-state index in [2.05, 4.69) is 40.5 Å². The number of anilines is 2. The van der Waals surface area contributed by atoms with Gasteiger partial charge in [0.25, 0.3) is 0 Å². The van der Waals surface area contributed by atoms with Crippen LogP contribution in [0.1, 0.15) is 31.9 Å². The lowest BCUT2D eigenvalue weighted by Gasteiger charge is -2.18. The average Bonchev–Trinajstić information content (AvgIpc) is 3.04. The van der Waals surface area contributed by atoms with Crippen LogP contribution in [0.4, 0.5) is 11.4 Å². The molecule has 0 saturated carbocycles. The van der Waals surface area contributed by atoms with Crippen LogP contribution in [0.15, 0.2) is 48.5 Å². The SMILES string of the molecule is CC1CC(C(=O)Nc2ccc(NC(C)c3ccccc3)c(Cl)c2)NN1. The van der Waals surface area contributed by atoms with E-state index in [4.69, 9.17) is 11.6 Å². The molecule has 0 bridgehead atoms. The zero-order valence-electron chi connectivity index (χ0n) is 14.3. The second kappa shape index (κ2) is 7.87. The summed E-state index contributed by atoms with van der Waals surface area (Å²) in [5, 5.41) is 6.88. The monoisotopic (exact) mass is 358 g/mol. The number of benzene rings is 2. The number of amides is 1. The van der Waals surface area contributed by atoms with Gasteiger partial charge in [-0.15, -0.1) is 0 Å². The van der Waals surface area contributed by atoms with Crippen molar-refractivity contribution in [1.29, 1.82) is 0 Å². The molecule has 1 aliphatic rings. The van der Waals surface area contributed by atoms with E-state index in [9.17, 15) is 4.79 Å². The van der Waals surface area contributed by atoms with Gasteiger partial charge < -0.3 is 10.6 Å². The van der Waals surface area contributed by atoms with Crippen LogP contribution >= 0.6 is 11.6 Å². The zero-order chi connectivity index (χ0) is 17.8. The number of hydrazine groups is 1. The summed E-state index contributed by atoms with van der Waals surface area (Å²) in [6.45, 7) is 4.12. The van der Waals surface area contributed by atoms with Crippen molar-refractivity contribution >= 4 is 28.9 Å². The van der Waals surface area contributed by atoms with Gasteiger partial charge in [-0.05, 0) is 44.0 Å². The molecule has 1 saturated heterocycles. The lowest BCUT2D eigenvalue weighted by atomic mass is 10.1. The molecule has 5 nitrogen and oxygen atoms in total. The maximum Gasteiger partial charge on any atom is 0.242 e. The Morgan fingerprint density at radius 3 is 2.60 bits per heavy atom. The number of nitrogens with one attached hydrogen (secondary N) is 4. The van der Waals surface area contributed by atoms with Crippen molar-refractivity contribution in [2.24, 2.45) is 0 Å². The Bertz CT molecular complexity index is 737. The van der Waals surface area contributed by atoms with E-state index in [1.165, 1.54) is 5.56 Å². The van der Waals surface area contributed by atoms with Crippen molar-refractivity contribution in [3.05, 3.63) is 59.1 Å². The third kappa shape index (κ3) is 4.51. The molecular formula is C19H23ClN4O. The minimum atomic E-state index is -0.232. The second-order valence-electron chi connectivity index (χ2n) is 6.44. The van der Waals surface area contributed by atoms with Gasteiger partial charge in [-0.1, -0.05) is 41.9 Å². The molecule has 0 spiro atoms. The maximum atomic E-state index is 12.2. The second-order valence-corrected chi connectivity index (χ2v) is 6.85. The molecule has 1 aliphatic heterocycles. The third-order valence-corrected chi connectivity index (χ3v) is 4.63. The summed E-state index contributed by atoms with van der Waals surface area (Å²) in [6, 6.07) is 15.9. The first kappa shape index (κ1) is 17.7. The Morgan fingerprint density at radius 2 is 1.96 bits per heavy atom. The van der Waals surface area contributed by atoms with Crippen molar-refractivity contribution < 1.29 is 4.79 Å². The van der Waals surface area contributed by atoms with Crippen LogP contribution in [0.25, 0.3) is 0 Å². The number of rotatable bonds is 5. The van der Waals surface area contributed by atoms with E-state index in [1.807, 2.05) is 37.3 Å². The van der Waals surface area contributed by atoms with Gasteiger partial charge >= 0.3 is 0 Å². The van der Waals surface area contributed by atoms with Crippen LogP contribution in [-0.4, -0.2) is 18.0 Å². The van der Waals surface area contributed by atoms with Gasteiger partial charge in [0.15, 0.2) is 0 Å². The number of hydrogen-bond acceptors (Lipinski definition) is 4. The quantitative estimate of drug-likeness (QED) is 0.658. The number of hydrogen-bond donors (Lipinski definition) is 4. The van der Waals surface area contributed by atoms with Gasteiger partial charge in [0.1, 0.15) is 6.04 Å². The Labute approximate surface area is 153 Å². The average molecular weight is 359 g/mol. The molecule has 3 atom stereocenters. The molecule has 2 aromatic rings. The fraction of sp³-hybridized carbons (Fsp3) is 0.316. The van der Waals surface area contributed by atoms with Crippen molar-refractivity contribution in [2.45, 2.75) is 38.4 Å². The van der Waals surface area contributed by atoms with Gasteiger partial charge in [0.05, 0.1) is 10.7 Å². The molecular weight excluding hydrogens is 336 g/mol.